The van der Waals surface area contributed by atoms with Crippen molar-refractivity contribution in [2.24, 2.45) is 5.92 Å². The summed E-state index contributed by atoms with van der Waals surface area (Å²) >= 11 is 1.69. The zero-order chi connectivity index (χ0) is 16.5. The lowest BCUT2D eigenvalue weighted by molar-refractivity contribution is 0.186. The molecular weight excluding hydrogens is 320 g/mol. The summed E-state index contributed by atoms with van der Waals surface area (Å²) in [6, 6.07) is 8.27. The monoisotopic (exact) mass is 342 g/mol. The van der Waals surface area contributed by atoms with Crippen molar-refractivity contribution < 1.29 is 4.42 Å². The van der Waals surface area contributed by atoms with E-state index in [1.807, 2.05) is 24.3 Å². The lowest BCUT2D eigenvalue weighted by Gasteiger charge is -2.29. The first kappa shape index (κ1) is 15.6. The van der Waals surface area contributed by atoms with Gasteiger partial charge in [-0.1, -0.05) is 19.1 Å². The smallest absolute Gasteiger partial charge is 0.302 e. The molecule has 0 spiro atoms. The van der Waals surface area contributed by atoms with E-state index in [0.717, 1.165) is 34.4 Å². The molecule has 0 saturated carbocycles. The summed E-state index contributed by atoms with van der Waals surface area (Å²) < 4.78 is 5.72. The summed E-state index contributed by atoms with van der Waals surface area (Å²) in [5, 5.41) is 4.06. The fourth-order valence-corrected chi connectivity index (χ4v) is 4.06. The zero-order valence-electron chi connectivity index (χ0n) is 14.1. The Morgan fingerprint density at radius 2 is 2.04 bits per heavy atom. The fraction of sp³-hybridized carbons (Fsp3) is 0.444. The molecule has 0 bridgehead atoms. The van der Waals surface area contributed by atoms with Gasteiger partial charge in [0.1, 0.15) is 5.52 Å². The van der Waals surface area contributed by atoms with Gasteiger partial charge in [0, 0.05) is 11.4 Å². The molecule has 126 valence electrons. The van der Waals surface area contributed by atoms with Crippen molar-refractivity contribution in [3.05, 3.63) is 34.8 Å². The molecule has 2 aromatic heterocycles. The second-order valence-electron chi connectivity index (χ2n) is 6.60. The number of hydrogen-bond donors (Lipinski definition) is 1. The van der Waals surface area contributed by atoms with Gasteiger partial charge in [0.25, 0.3) is 0 Å². The molecule has 6 heteroatoms. The van der Waals surface area contributed by atoms with E-state index in [4.69, 9.17) is 4.42 Å². The van der Waals surface area contributed by atoms with Crippen LogP contribution < -0.4 is 5.32 Å². The van der Waals surface area contributed by atoms with Crippen LogP contribution in [0.1, 0.15) is 30.3 Å². The number of thiazole rings is 1. The molecule has 1 saturated heterocycles. The van der Waals surface area contributed by atoms with Gasteiger partial charge in [0.05, 0.1) is 5.69 Å². The molecule has 0 aliphatic carbocycles. The molecule has 4 rings (SSSR count). The third kappa shape index (κ3) is 3.30. The lowest BCUT2D eigenvalue weighted by Crippen LogP contribution is -2.32. The number of fused-ring (bicyclic) bond motifs is 1. The van der Waals surface area contributed by atoms with Crippen LogP contribution in [-0.2, 0) is 6.54 Å². The van der Waals surface area contributed by atoms with Crippen LogP contribution in [0.2, 0.25) is 0 Å². The molecule has 0 radical (unpaired) electrons. The number of oxazole rings is 1. The van der Waals surface area contributed by atoms with Gasteiger partial charge in [0.15, 0.2) is 10.7 Å². The third-order valence-electron chi connectivity index (χ3n) is 4.64. The minimum absolute atomic E-state index is 0.503. The largest absolute Gasteiger partial charge is 0.423 e. The van der Waals surface area contributed by atoms with Crippen LogP contribution in [0.3, 0.4) is 0 Å². The van der Waals surface area contributed by atoms with E-state index in [0.29, 0.717) is 6.01 Å². The van der Waals surface area contributed by atoms with Crippen molar-refractivity contribution >= 4 is 33.6 Å². The van der Waals surface area contributed by atoms with Crippen LogP contribution in [0.4, 0.5) is 11.1 Å². The fourth-order valence-electron chi connectivity index (χ4n) is 3.07. The second-order valence-corrected chi connectivity index (χ2v) is 7.68. The second kappa shape index (κ2) is 6.53. The molecule has 24 heavy (non-hydrogen) atoms. The zero-order valence-corrected chi connectivity index (χ0v) is 14.9. The standard InChI is InChI=1S/C18H22N4OS/c1-12-7-9-22(10-8-12)11-16-13(2)19-18(24-16)21-17-20-14-5-3-4-6-15(14)23-17/h3-6,12H,7-11H2,1-2H3,(H,19,20,21). The van der Waals surface area contributed by atoms with Crippen LogP contribution in [0.5, 0.6) is 0 Å². The molecule has 0 unspecified atom stereocenters. The number of aromatic nitrogens is 2. The Bertz CT molecular complexity index is 800. The Balaban J connectivity index is 1.46. The predicted molar refractivity (Wildman–Crippen MR) is 97.8 cm³/mol. The summed E-state index contributed by atoms with van der Waals surface area (Å²) in [5.41, 5.74) is 2.74. The molecule has 1 N–H and O–H groups in total. The first-order chi connectivity index (χ1) is 11.7. The Kier molecular flexibility index (Phi) is 4.24. The normalized spacial score (nSPS) is 16.8. The van der Waals surface area contributed by atoms with Crippen molar-refractivity contribution in [2.75, 3.05) is 18.4 Å². The first-order valence-corrected chi connectivity index (χ1v) is 9.30. The maximum atomic E-state index is 5.72. The highest BCUT2D eigenvalue weighted by Gasteiger charge is 2.18. The lowest BCUT2D eigenvalue weighted by atomic mass is 9.99. The van der Waals surface area contributed by atoms with Gasteiger partial charge in [-0.05, 0) is 50.9 Å². The Morgan fingerprint density at radius 3 is 2.83 bits per heavy atom. The van der Waals surface area contributed by atoms with E-state index < -0.39 is 0 Å². The van der Waals surface area contributed by atoms with E-state index in [1.54, 1.807) is 11.3 Å². The number of hydrogen-bond acceptors (Lipinski definition) is 6. The van der Waals surface area contributed by atoms with E-state index in [-0.39, 0.29) is 0 Å². The van der Waals surface area contributed by atoms with E-state index >= 15 is 0 Å². The van der Waals surface area contributed by atoms with Crippen LogP contribution in [0, 0.1) is 12.8 Å². The van der Waals surface area contributed by atoms with Crippen LogP contribution in [-0.4, -0.2) is 28.0 Å². The maximum absolute atomic E-state index is 5.72. The number of aryl methyl sites for hydroxylation is 1. The summed E-state index contributed by atoms with van der Waals surface area (Å²) in [7, 11) is 0. The number of likely N-dealkylation sites (tertiary alicyclic amines) is 1. The Morgan fingerprint density at radius 1 is 1.25 bits per heavy atom. The number of nitrogens with zero attached hydrogens (tertiary/aromatic N) is 3. The van der Waals surface area contributed by atoms with Crippen molar-refractivity contribution in [1.82, 2.24) is 14.9 Å². The van der Waals surface area contributed by atoms with Crippen LogP contribution in [0.15, 0.2) is 28.7 Å². The molecule has 0 atom stereocenters. The van der Waals surface area contributed by atoms with Gasteiger partial charge in [-0.25, -0.2) is 4.98 Å². The van der Waals surface area contributed by atoms with Crippen molar-refractivity contribution in [2.45, 2.75) is 33.2 Å². The van der Waals surface area contributed by atoms with Crippen molar-refractivity contribution in [1.29, 1.82) is 0 Å². The molecule has 1 fully saturated rings. The molecule has 1 aliphatic heterocycles. The Hall–Kier alpha value is -1.92. The maximum Gasteiger partial charge on any atom is 0.302 e. The predicted octanol–water partition coefficient (Wildman–Crippen LogP) is 4.57. The molecule has 0 amide bonds. The van der Waals surface area contributed by atoms with E-state index in [2.05, 4.69) is 34.0 Å². The average molecular weight is 342 g/mol. The summed E-state index contributed by atoms with van der Waals surface area (Å²) in [6.45, 7) is 7.79. The minimum atomic E-state index is 0.503. The van der Waals surface area contributed by atoms with Gasteiger partial charge < -0.3 is 4.42 Å². The molecular formula is C18H22N4OS. The van der Waals surface area contributed by atoms with Gasteiger partial charge in [-0.2, -0.15) is 4.98 Å². The van der Waals surface area contributed by atoms with Gasteiger partial charge in [0.2, 0.25) is 0 Å². The number of anilines is 2. The number of nitrogens with one attached hydrogen (secondary N) is 1. The van der Waals surface area contributed by atoms with Gasteiger partial charge >= 0.3 is 6.01 Å². The highest BCUT2D eigenvalue weighted by molar-refractivity contribution is 7.15. The number of para-hydroxylation sites is 2. The van der Waals surface area contributed by atoms with Gasteiger partial charge in [-0.15, -0.1) is 11.3 Å². The van der Waals surface area contributed by atoms with Gasteiger partial charge in [-0.3, -0.25) is 10.2 Å². The highest BCUT2D eigenvalue weighted by Crippen LogP contribution is 2.29. The average Bonchev–Trinajstić information content (AvgIpc) is 3.12. The highest BCUT2D eigenvalue weighted by atomic mass is 32.1. The summed E-state index contributed by atoms with van der Waals surface area (Å²) in [5.74, 6) is 0.861. The summed E-state index contributed by atoms with van der Waals surface area (Å²) in [6.07, 6.45) is 2.59. The first-order valence-electron chi connectivity index (χ1n) is 8.48. The van der Waals surface area contributed by atoms with Crippen molar-refractivity contribution in [3.63, 3.8) is 0 Å². The summed E-state index contributed by atoms with van der Waals surface area (Å²) in [4.78, 5) is 12.9. The topological polar surface area (TPSA) is 54.2 Å². The van der Waals surface area contributed by atoms with Crippen LogP contribution in [0.25, 0.3) is 11.1 Å². The third-order valence-corrected chi connectivity index (χ3v) is 5.70. The molecule has 3 aromatic rings. The van der Waals surface area contributed by atoms with Crippen molar-refractivity contribution in [3.8, 4) is 0 Å². The minimum Gasteiger partial charge on any atom is -0.423 e. The molecule has 3 heterocycles. The molecule has 5 nitrogen and oxygen atoms in total. The van der Waals surface area contributed by atoms with Crippen LogP contribution >= 0.6 is 11.3 Å². The SMILES string of the molecule is Cc1nc(Nc2nc3ccccc3o2)sc1CN1CCC(C)CC1. The quantitative estimate of drug-likeness (QED) is 0.753. The number of piperidine rings is 1. The number of benzene rings is 1. The number of rotatable bonds is 4. The Labute approximate surface area is 145 Å². The van der Waals surface area contributed by atoms with E-state index in [9.17, 15) is 0 Å². The van der Waals surface area contributed by atoms with E-state index in [1.165, 1.54) is 30.8 Å². The molecule has 1 aromatic carbocycles. The molecule has 1 aliphatic rings.